The molecule has 2 amide bonds. The molecule has 0 aromatic heterocycles. The lowest BCUT2D eigenvalue weighted by Gasteiger charge is -2.19. The molecular formula is C23H24ClN3O4. The van der Waals surface area contributed by atoms with Crippen molar-refractivity contribution in [2.24, 2.45) is 5.92 Å². The van der Waals surface area contributed by atoms with Crippen molar-refractivity contribution in [3.05, 3.63) is 58.6 Å². The van der Waals surface area contributed by atoms with E-state index in [-0.39, 0.29) is 12.5 Å². The van der Waals surface area contributed by atoms with Crippen molar-refractivity contribution in [2.75, 3.05) is 13.7 Å². The lowest BCUT2D eigenvalue weighted by Crippen LogP contribution is -2.47. The largest absolute Gasteiger partial charge is 0.465 e. The van der Waals surface area contributed by atoms with E-state index in [1.165, 1.54) is 7.11 Å². The summed E-state index contributed by atoms with van der Waals surface area (Å²) in [4.78, 5) is 36.7. The van der Waals surface area contributed by atoms with Crippen LogP contribution in [0.5, 0.6) is 0 Å². The van der Waals surface area contributed by atoms with Crippen LogP contribution < -0.4 is 10.6 Å². The van der Waals surface area contributed by atoms with Gasteiger partial charge in [0.1, 0.15) is 12.6 Å². The predicted molar refractivity (Wildman–Crippen MR) is 118 cm³/mol. The molecular weight excluding hydrogens is 418 g/mol. The zero-order valence-corrected chi connectivity index (χ0v) is 18.3. The van der Waals surface area contributed by atoms with E-state index in [9.17, 15) is 14.4 Å². The fourth-order valence-electron chi connectivity index (χ4n) is 2.99. The van der Waals surface area contributed by atoms with Crippen LogP contribution in [0.1, 0.15) is 41.0 Å². The number of hydrogen-bond donors (Lipinski definition) is 2. The molecule has 1 atom stereocenters. The number of hydrogen-bond acceptors (Lipinski definition) is 5. The predicted octanol–water partition coefficient (Wildman–Crippen LogP) is 3.58. The molecule has 7 nitrogen and oxygen atoms in total. The Labute approximate surface area is 186 Å². The van der Waals surface area contributed by atoms with E-state index in [1.54, 1.807) is 42.5 Å². The Morgan fingerprint density at radius 2 is 1.74 bits per heavy atom. The summed E-state index contributed by atoms with van der Waals surface area (Å²) in [5, 5.41) is 14.3. The molecule has 0 saturated heterocycles. The Kier molecular flexibility index (Phi) is 8.59. The van der Waals surface area contributed by atoms with Crippen LogP contribution >= 0.6 is 11.6 Å². The highest BCUT2D eigenvalue weighted by molar-refractivity contribution is 6.33. The first-order valence-corrected chi connectivity index (χ1v) is 10.1. The van der Waals surface area contributed by atoms with Crippen molar-refractivity contribution < 1.29 is 19.1 Å². The molecule has 0 aliphatic rings. The van der Waals surface area contributed by atoms with E-state index in [0.29, 0.717) is 28.1 Å². The topological polar surface area (TPSA) is 108 Å². The Morgan fingerprint density at radius 1 is 1.10 bits per heavy atom. The number of esters is 1. The molecule has 0 aliphatic carbocycles. The molecule has 2 aromatic rings. The maximum Gasteiger partial charge on any atom is 0.337 e. The number of halogens is 1. The molecule has 0 bridgehead atoms. The summed E-state index contributed by atoms with van der Waals surface area (Å²) in [6.07, 6.45) is 0.441. The van der Waals surface area contributed by atoms with Crippen LogP contribution in [-0.2, 0) is 9.53 Å². The lowest BCUT2D eigenvalue weighted by atomic mass is 10.0. The maximum atomic E-state index is 12.7. The lowest BCUT2D eigenvalue weighted by molar-refractivity contribution is -0.123. The number of carbonyl (C=O) groups excluding carboxylic acids is 3. The highest BCUT2D eigenvalue weighted by Gasteiger charge is 2.22. The molecule has 0 radical (unpaired) electrons. The van der Waals surface area contributed by atoms with E-state index in [1.807, 2.05) is 19.9 Å². The minimum absolute atomic E-state index is 0.122. The van der Waals surface area contributed by atoms with Gasteiger partial charge in [0.2, 0.25) is 5.91 Å². The van der Waals surface area contributed by atoms with Crippen molar-refractivity contribution in [3.63, 3.8) is 0 Å². The summed E-state index contributed by atoms with van der Waals surface area (Å²) >= 11 is 6.28. The van der Waals surface area contributed by atoms with E-state index >= 15 is 0 Å². The Bertz CT molecular complexity index is 997. The van der Waals surface area contributed by atoms with Crippen LogP contribution in [0.15, 0.2) is 42.5 Å². The highest BCUT2D eigenvalue weighted by atomic mass is 35.5. The second-order valence-electron chi connectivity index (χ2n) is 7.30. The average Bonchev–Trinajstić information content (AvgIpc) is 2.76. The molecule has 0 saturated carbocycles. The Morgan fingerprint density at radius 3 is 2.32 bits per heavy atom. The summed E-state index contributed by atoms with van der Waals surface area (Å²) in [5.74, 6) is -1.10. The van der Waals surface area contributed by atoms with Crippen molar-refractivity contribution in [1.82, 2.24) is 10.6 Å². The Balaban J connectivity index is 2.20. The van der Waals surface area contributed by atoms with Gasteiger partial charge in [-0.3, -0.25) is 9.59 Å². The second-order valence-corrected chi connectivity index (χ2v) is 7.70. The highest BCUT2D eigenvalue weighted by Crippen LogP contribution is 2.29. The molecule has 8 heteroatoms. The van der Waals surface area contributed by atoms with E-state index in [2.05, 4.69) is 10.6 Å². The quantitative estimate of drug-likeness (QED) is 0.480. The molecule has 2 aromatic carbocycles. The summed E-state index contributed by atoms with van der Waals surface area (Å²) in [6.45, 7) is 3.76. The van der Waals surface area contributed by atoms with E-state index < -0.39 is 23.8 Å². The van der Waals surface area contributed by atoms with Crippen LogP contribution in [-0.4, -0.2) is 37.5 Å². The molecule has 0 heterocycles. The third kappa shape index (κ3) is 6.56. The van der Waals surface area contributed by atoms with Gasteiger partial charge in [0.25, 0.3) is 5.91 Å². The van der Waals surface area contributed by atoms with E-state index in [0.717, 1.165) is 5.56 Å². The summed E-state index contributed by atoms with van der Waals surface area (Å²) in [6, 6.07) is 12.6. The monoisotopic (exact) mass is 441 g/mol. The third-order valence-corrected chi connectivity index (χ3v) is 4.85. The molecule has 0 aliphatic heterocycles. The van der Waals surface area contributed by atoms with Crippen molar-refractivity contribution in [1.29, 1.82) is 5.26 Å². The normalized spacial score (nSPS) is 11.4. The minimum atomic E-state index is -0.744. The van der Waals surface area contributed by atoms with Crippen molar-refractivity contribution in [2.45, 2.75) is 26.3 Å². The zero-order valence-electron chi connectivity index (χ0n) is 17.6. The second kappa shape index (κ2) is 11.1. The fraction of sp³-hybridized carbons (Fsp3) is 0.304. The van der Waals surface area contributed by atoms with Gasteiger partial charge in [-0.15, -0.1) is 0 Å². The number of ether oxygens (including phenoxy) is 1. The van der Waals surface area contributed by atoms with Crippen molar-refractivity contribution in [3.8, 4) is 17.2 Å². The summed E-state index contributed by atoms with van der Waals surface area (Å²) in [5.41, 5.74) is 2.08. The number of nitrogens with one attached hydrogen (secondary N) is 2. The molecule has 0 fully saturated rings. The number of amides is 2. The van der Waals surface area contributed by atoms with Crippen LogP contribution in [0.25, 0.3) is 11.1 Å². The molecule has 162 valence electrons. The summed E-state index contributed by atoms with van der Waals surface area (Å²) in [7, 11) is 1.30. The molecule has 2 rings (SSSR count). The van der Waals surface area contributed by atoms with Crippen LogP contribution in [0, 0.1) is 17.2 Å². The average molecular weight is 442 g/mol. The zero-order chi connectivity index (χ0) is 23.0. The number of nitriles is 1. The fourth-order valence-corrected chi connectivity index (χ4v) is 3.21. The standard InChI is InChI=1S/C23H24ClN3O4/c1-14(2)12-20(22(29)26-11-10-25)27-21(28)16-6-4-15(5-7-16)18-13-17(23(30)31-3)8-9-19(18)24/h4-9,13-14,20H,11-12H2,1-3H3,(H,26,29)(H,27,28)/t20-/m0/s1. The number of rotatable bonds is 8. The molecule has 0 spiro atoms. The summed E-state index contributed by atoms with van der Waals surface area (Å²) < 4.78 is 4.74. The molecule has 0 unspecified atom stereocenters. The first-order valence-electron chi connectivity index (χ1n) is 9.70. The van der Waals surface area contributed by atoms with Gasteiger partial charge >= 0.3 is 5.97 Å². The SMILES string of the molecule is COC(=O)c1ccc(Cl)c(-c2ccc(C(=O)N[C@@H](CC(C)C)C(=O)NCC#N)cc2)c1. The van der Waals surface area contributed by atoms with Crippen LogP contribution in [0.2, 0.25) is 5.02 Å². The van der Waals surface area contributed by atoms with Gasteiger partial charge in [-0.05, 0) is 48.2 Å². The number of benzene rings is 2. The van der Waals surface area contributed by atoms with Gasteiger partial charge in [0.15, 0.2) is 0 Å². The van der Waals surface area contributed by atoms with Gasteiger partial charge in [-0.2, -0.15) is 5.26 Å². The molecule has 2 N–H and O–H groups in total. The third-order valence-electron chi connectivity index (χ3n) is 4.52. The van der Waals surface area contributed by atoms with Gasteiger partial charge in [-0.1, -0.05) is 37.6 Å². The Hall–Kier alpha value is -3.37. The maximum absolute atomic E-state index is 12.7. The smallest absolute Gasteiger partial charge is 0.337 e. The van der Waals surface area contributed by atoms with Crippen molar-refractivity contribution >= 4 is 29.4 Å². The number of nitrogens with zero attached hydrogens (tertiary/aromatic N) is 1. The van der Waals surface area contributed by atoms with E-state index in [4.69, 9.17) is 21.6 Å². The first-order chi connectivity index (χ1) is 14.8. The minimum Gasteiger partial charge on any atom is -0.465 e. The number of carbonyl (C=O) groups is 3. The van der Waals surface area contributed by atoms with Crippen LogP contribution in [0.4, 0.5) is 0 Å². The first kappa shape index (κ1) is 23.9. The van der Waals surface area contributed by atoms with Gasteiger partial charge in [0, 0.05) is 16.1 Å². The van der Waals surface area contributed by atoms with Gasteiger partial charge in [-0.25, -0.2) is 4.79 Å². The number of methoxy groups -OCH3 is 1. The van der Waals surface area contributed by atoms with Crippen LogP contribution in [0.3, 0.4) is 0 Å². The van der Waals surface area contributed by atoms with Gasteiger partial charge < -0.3 is 15.4 Å². The van der Waals surface area contributed by atoms with Gasteiger partial charge in [0.05, 0.1) is 18.7 Å². The molecule has 31 heavy (non-hydrogen) atoms.